The Hall–Kier alpha value is -2.67. The van der Waals surface area contributed by atoms with Crippen LogP contribution in [0.15, 0.2) is 53.0 Å². The number of para-hydroxylation sites is 2. The molecule has 29 heavy (non-hydrogen) atoms. The average molecular weight is 452 g/mol. The number of nitrogens with zero attached hydrogens (tertiary/aromatic N) is 4. The topological polar surface area (TPSA) is 61.4 Å². The van der Waals surface area contributed by atoms with Gasteiger partial charge in [-0.05, 0) is 49.2 Å². The molecule has 3 aromatic rings. The first-order valence-electron chi connectivity index (χ1n) is 10.0. The lowest BCUT2D eigenvalue weighted by Crippen LogP contribution is -2.49. The van der Waals surface area contributed by atoms with E-state index in [0.717, 1.165) is 45.8 Å². The molecule has 1 aliphatic carbocycles. The first kappa shape index (κ1) is 18.4. The number of piperazine rings is 1. The normalized spacial score (nSPS) is 16.9. The minimum atomic E-state index is 0.0816. The molecule has 1 saturated heterocycles. The maximum atomic E-state index is 12.8. The van der Waals surface area contributed by atoms with E-state index in [9.17, 15) is 4.79 Å². The molecule has 5 rings (SSSR count). The monoisotopic (exact) mass is 451 g/mol. The predicted molar refractivity (Wildman–Crippen MR) is 118 cm³/mol. The molecular weight excluding hydrogens is 430 g/mol. The van der Waals surface area contributed by atoms with Gasteiger partial charge in [-0.1, -0.05) is 28.1 Å². The molecule has 1 saturated carbocycles. The van der Waals surface area contributed by atoms with Crippen LogP contribution in [0.3, 0.4) is 0 Å². The second-order valence-electron chi connectivity index (χ2n) is 7.59. The van der Waals surface area contributed by atoms with Crippen LogP contribution in [0.1, 0.15) is 23.2 Å². The third-order valence-electron chi connectivity index (χ3n) is 5.43. The van der Waals surface area contributed by atoms with Gasteiger partial charge in [0, 0.05) is 42.3 Å². The van der Waals surface area contributed by atoms with Gasteiger partial charge in [-0.2, -0.15) is 0 Å². The fourth-order valence-corrected chi connectivity index (χ4v) is 3.89. The van der Waals surface area contributed by atoms with E-state index in [1.54, 1.807) is 0 Å². The average Bonchev–Trinajstić information content (AvgIpc) is 3.57. The van der Waals surface area contributed by atoms with Crippen molar-refractivity contribution in [3.05, 3.63) is 58.6 Å². The first-order valence-corrected chi connectivity index (χ1v) is 10.8. The zero-order chi connectivity index (χ0) is 19.8. The van der Waals surface area contributed by atoms with E-state index in [2.05, 4.69) is 26.1 Å². The Morgan fingerprint density at radius 2 is 1.59 bits per heavy atom. The van der Waals surface area contributed by atoms with Crippen molar-refractivity contribution in [2.45, 2.75) is 18.9 Å². The van der Waals surface area contributed by atoms with Crippen LogP contribution in [0.25, 0.3) is 11.0 Å². The largest absolute Gasteiger partial charge is 0.364 e. The number of fused-ring (bicyclic) bond motifs is 1. The molecule has 2 fully saturated rings. The Balaban J connectivity index is 1.35. The van der Waals surface area contributed by atoms with Crippen molar-refractivity contribution < 1.29 is 4.79 Å². The van der Waals surface area contributed by atoms with Crippen molar-refractivity contribution in [3.8, 4) is 0 Å². The quantitative estimate of drug-likeness (QED) is 0.650. The lowest BCUT2D eigenvalue weighted by Gasteiger charge is -2.36. The maximum absolute atomic E-state index is 12.8. The third kappa shape index (κ3) is 3.92. The summed E-state index contributed by atoms with van der Waals surface area (Å²) in [7, 11) is 0. The fourth-order valence-electron chi connectivity index (χ4n) is 3.63. The van der Waals surface area contributed by atoms with Crippen LogP contribution in [0, 0.1) is 0 Å². The SMILES string of the molecule is O=C(c1ccc(Br)cc1)N1CCN(c2nc3ccccc3nc2NC2CC2)CC1. The van der Waals surface area contributed by atoms with Gasteiger partial charge in [0.25, 0.3) is 5.91 Å². The van der Waals surface area contributed by atoms with E-state index in [4.69, 9.17) is 9.97 Å². The predicted octanol–water partition coefficient (Wildman–Crippen LogP) is 3.93. The fraction of sp³-hybridized carbons (Fsp3) is 0.318. The highest BCUT2D eigenvalue weighted by Gasteiger charge is 2.28. The molecule has 1 amide bonds. The molecule has 0 bridgehead atoms. The van der Waals surface area contributed by atoms with E-state index in [1.807, 2.05) is 53.4 Å². The molecule has 148 valence electrons. The molecule has 2 aromatic carbocycles. The smallest absolute Gasteiger partial charge is 0.253 e. The summed E-state index contributed by atoms with van der Waals surface area (Å²) in [6.45, 7) is 2.84. The van der Waals surface area contributed by atoms with E-state index >= 15 is 0 Å². The van der Waals surface area contributed by atoms with Gasteiger partial charge in [-0.25, -0.2) is 9.97 Å². The standard InChI is InChI=1S/C22H22BrN5O/c23-16-7-5-15(6-8-16)22(29)28-13-11-27(12-14-28)21-20(24-17-9-10-17)25-18-3-1-2-4-19(18)26-21/h1-8,17H,9-14H2,(H,24,25). The van der Waals surface area contributed by atoms with Crippen molar-refractivity contribution in [2.75, 3.05) is 36.4 Å². The van der Waals surface area contributed by atoms with E-state index < -0.39 is 0 Å². The van der Waals surface area contributed by atoms with E-state index in [1.165, 1.54) is 12.8 Å². The van der Waals surface area contributed by atoms with E-state index in [-0.39, 0.29) is 5.91 Å². The van der Waals surface area contributed by atoms with E-state index in [0.29, 0.717) is 19.1 Å². The number of amides is 1. The number of benzene rings is 2. The Morgan fingerprint density at radius 3 is 2.24 bits per heavy atom. The number of hydrogen-bond acceptors (Lipinski definition) is 5. The van der Waals surface area contributed by atoms with Crippen LogP contribution in [-0.4, -0.2) is 53.0 Å². The van der Waals surface area contributed by atoms with Gasteiger partial charge in [0.15, 0.2) is 11.6 Å². The molecule has 0 spiro atoms. The summed E-state index contributed by atoms with van der Waals surface area (Å²) >= 11 is 3.42. The van der Waals surface area contributed by atoms with Crippen LogP contribution in [0.2, 0.25) is 0 Å². The zero-order valence-corrected chi connectivity index (χ0v) is 17.6. The van der Waals surface area contributed by atoms with Crippen LogP contribution in [-0.2, 0) is 0 Å². The summed E-state index contributed by atoms with van der Waals surface area (Å²) in [5, 5.41) is 3.54. The van der Waals surface area contributed by atoms with Crippen LogP contribution >= 0.6 is 15.9 Å². The summed E-state index contributed by atoms with van der Waals surface area (Å²) < 4.78 is 0.976. The van der Waals surface area contributed by atoms with Crippen molar-refractivity contribution in [1.29, 1.82) is 0 Å². The molecule has 1 aliphatic heterocycles. The molecule has 0 unspecified atom stereocenters. The second-order valence-corrected chi connectivity index (χ2v) is 8.50. The number of rotatable bonds is 4. The highest BCUT2D eigenvalue weighted by atomic mass is 79.9. The summed E-state index contributed by atoms with van der Waals surface area (Å²) in [5.74, 6) is 1.84. The van der Waals surface area contributed by atoms with Crippen molar-refractivity contribution in [1.82, 2.24) is 14.9 Å². The minimum Gasteiger partial charge on any atom is -0.364 e. The molecular formula is C22H22BrN5O. The summed E-state index contributed by atoms with van der Waals surface area (Å²) in [6, 6.07) is 16.0. The van der Waals surface area contributed by atoms with Gasteiger partial charge in [0.1, 0.15) is 0 Å². The molecule has 0 atom stereocenters. The van der Waals surface area contributed by atoms with Gasteiger partial charge in [-0.3, -0.25) is 4.79 Å². The third-order valence-corrected chi connectivity index (χ3v) is 5.96. The van der Waals surface area contributed by atoms with Gasteiger partial charge in [0.05, 0.1) is 11.0 Å². The maximum Gasteiger partial charge on any atom is 0.253 e. The van der Waals surface area contributed by atoms with Crippen LogP contribution < -0.4 is 10.2 Å². The van der Waals surface area contributed by atoms with Crippen molar-refractivity contribution in [2.24, 2.45) is 0 Å². The van der Waals surface area contributed by atoms with Gasteiger partial charge in [-0.15, -0.1) is 0 Å². The van der Waals surface area contributed by atoms with Gasteiger partial charge in [0.2, 0.25) is 0 Å². The molecule has 1 N–H and O–H groups in total. The second kappa shape index (κ2) is 7.63. The zero-order valence-electron chi connectivity index (χ0n) is 16.0. The minimum absolute atomic E-state index is 0.0816. The molecule has 0 radical (unpaired) electrons. The molecule has 7 heteroatoms. The molecule has 2 heterocycles. The number of hydrogen-bond donors (Lipinski definition) is 1. The Bertz CT molecular complexity index is 1040. The highest BCUT2D eigenvalue weighted by molar-refractivity contribution is 9.10. The summed E-state index contributed by atoms with van der Waals surface area (Å²) in [4.78, 5) is 26.7. The van der Waals surface area contributed by atoms with Gasteiger partial charge >= 0.3 is 0 Å². The number of aromatic nitrogens is 2. The lowest BCUT2D eigenvalue weighted by molar-refractivity contribution is 0.0746. The van der Waals surface area contributed by atoms with Crippen LogP contribution in [0.4, 0.5) is 11.6 Å². The number of anilines is 2. The number of nitrogens with one attached hydrogen (secondary N) is 1. The first-order chi connectivity index (χ1) is 14.2. The Morgan fingerprint density at radius 1 is 0.931 bits per heavy atom. The molecule has 6 nitrogen and oxygen atoms in total. The van der Waals surface area contributed by atoms with Crippen molar-refractivity contribution >= 4 is 44.5 Å². The summed E-state index contributed by atoms with van der Waals surface area (Å²) in [6.07, 6.45) is 2.37. The molecule has 1 aromatic heterocycles. The number of carbonyl (C=O) groups is 1. The van der Waals surface area contributed by atoms with Crippen LogP contribution in [0.5, 0.6) is 0 Å². The lowest BCUT2D eigenvalue weighted by atomic mass is 10.2. The number of carbonyl (C=O) groups excluding carboxylic acids is 1. The molecule has 2 aliphatic rings. The highest BCUT2D eigenvalue weighted by Crippen LogP contribution is 2.31. The Kier molecular flexibility index (Phi) is 4.83. The summed E-state index contributed by atoms with van der Waals surface area (Å²) in [5.41, 5.74) is 2.53. The van der Waals surface area contributed by atoms with Crippen molar-refractivity contribution in [3.63, 3.8) is 0 Å². The van der Waals surface area contributed by atoms with Gasteiger partial charge < -0.3 is 15.1 Å². The number of halogens is 1. The Labute approximate surface area is 178 Å².